The van der Waals surface area contributed by atoms with Gasteiger partial charge in [0.15, 0.2) is 0 Å². The van der Waals surface area contributed by atoms with Crippen molar-refractivity contribution in [1.82, 2.24) is 4.98 Å². The molecular formula is C10H11ClN2. The Labute approximate surface area is 83.2 Å². The highest BCUT2D eigenvalue weighted by Crippen LogP contribution is 2.27. The lowest BCUT2D eigenvalue weighted by Crippen LogP contribution is -2.15. The van der Waals surface area contributed by atoms with Crippen molar-refractivity contribution in [1.29, 1.82) is 5.26 Å². The third-order valence-electron chi connectivity index (χ3n) is 1.94. The molecule has 0 atom stereocenters. The molecular weight excluding hydrogens is 184 g/mol. The molecule has 0 bridgehead atoms. The summed E-state index contributed by atoms with van der Waals surface area (Å²) in [4.78, 5) is 4.10. The minimum Gasteiger partial charge on any atom is -0.241 e. The summed E-state index contributed by atoms with van der Waals surface area (Å²) in [6.07, 6.45) is 0. The quantitative estimate of drug-likeness (QED) is 0.645. The van der Waals surface area contributed by atoms with Crippen LogP contribution >= 0.6 is 11.6 Å². The molecule has 0 aromatic carbocycles. The molecule has 68 valence electrons. The van der Waals surface area contributed by atoms with Gasteiger partial charge in [0.05, 0.1) is 11.5 Å². The normalized spacial score (nSPS) is 11.0. The van der Waals surface area contributed by atoms with Crippen LogP contribution < -0.4 is 0 Å². The number of nitriles is 1. The minimum atomic E-state index is -0.572. The highest BCUT2D eigenvalue weighted by Gasteiger charge is 2.23. The van der Waals surface area contributed by atoms with E-state index in [1.54, 1.807) is 0 Å². The van der Waals surface area contributed by atoms with Crippen molar-refractivity contribution >= 4 is 11.6 Å². The summed E-state index contributed by atoms with van der Waals surface area (Å²) in [6, 6.07) is 5.91. The average molecular weight is 195 g/mol. The third-order valence-corrected chi connectivity index (χ3v) is 2.23. The van der Waals surface area contributed by atoms with E-state index in [2.05, 4.69) is 11.1 Å². The molecule has 0 aliphatic heterocycles. The average Bonchev–Trinajstić information content (AvgIpc) is 2.03. The zero-order chi connectivity index (χ0) is 10.1. The van der Waals surface area contributed by atoms with Crippen molar-refractivity contribution in [2.24, 2.45) is 0 Å². The van der Waals surface area contributed by atoms with Crippen LogP contribution in [0.3, 0.4) is 0 Å². The van der Waals surface area contributed by atoms with Crippen LogP contribution in [0.25, 0.3) is 0 Å². The first kappa shape index (κ1) is 10.0. The predicted octanol–water partition coefficient (Wildman–Crippen LogP) is 2.84. The van der Waals surface area contributed by atoms with Crippen molar-refractivity contribution in [3.8, 4) is 6.07 Å². The molecule has 0 spiro atoms. The molecule has 1 aromatic heterocycles. The second-order valence-electron chi connectivity index (χ2n) is 3.53. The molecule has 0 radical (unpaired) electrons. The van der Waals surface area contributed by atoms with Gasteiger partial charge in [-0.05, 0) is 26.8 Å². The number of aromatic nitrogens is 1. The molecule has 0 saturated carbocycles. The van der Waals surface area contributed by atoms with E-state index in [9.17, 15) is 0 Å². The van der Waals surface area contributed by atoms with Crippen LogP contribution in [-0.2, 0) is 5.41 Å². The van der Waals surface area contributed by atoms with Gasteiger partial charge in [-0.1, -0.05) is 17.7 Å². The van der Waals surface area contributed by atoms with Gasteiger partial charge in [-0.3, -0.25) is 0 Å². The molecule has 1 rings (SSSR count). The summed E-state index contributed by atoms with van der Waals surface area (Å²) < 4.78 is 0. The topological polar surface area (TPSA) is 36.7 Å². The van der Waals surface area contributed by atoms with Crippen LogP contribution in [0.15, 0.2) is 12.1 Å². The monoisotopic (exact) mass is 194 g/mol. The van der Waals surface area contributed by atoms with Gasteiger partial charge >= 0.3 is 0 Å². The van der Waals surface area contributed by atoms with E-state index in [0.717, 1.165) is 11.3 Å². The fraction of sp³-hybridized carbons (Fsp3) is 0.400. The first-order valence-electron chi connectivity index (χ1n) is 4.02. The Kier molecular flexibility index (Phi) is 2.58. The van der Waals surface area contributed by atoms with E-state index < -0.39 is 5.41 Å². The van der Waals surface area contributed by atoms with E-state index in [0.29, 0.717) is 5.15 Å². The highest BCUT2D eigenvalue weighted by atomic mass is 35.5. The lowest BCUT2D eigenvalue weighted by Gasteiger charge is -2.16. The van der Waals surface area contributed by atoms with Gasteiger partial charge in [0.1, 0.15) is 5.15 Å². The van der Waals surface area contributed by atoms with E-state index in [1.807, 2.05) is 32.9 Å². The zero-order valence-electron chi connectivity index (χ0n) is 7.93. The molecule has 3 heteroatoms. The molecule has 0 fully saturated rings. The van der Waals surface area contributed by atoms with Crippen molar-refractivity contribution < 1.29 is 0 Å². The summed E-state index contributed by atoms with van der Waals surface area (Å²) in [5, 5.41) is 9.33. The lowest BCUT2D eigenvalue weighted by molar-refractivity contribution is 0.682. The molecule has 0 saturated heterocycles. The maximum Gasteiger partial charge on any atom is 0.134 e. The van der Waals surface area contributed by atoms with Crippen LogP contribution in [0.2, 0.25) is 5.15 Å². The Morgan fingerprint density at radius 2 is 2.08 bits per heavy atom. The van der Waals surface area contributed by atoms with Crippen LogP contribution in [-0.4, -0.2) is 4.98 Å². The van der Waals surface area contributed by atoms with Gasteiger partial charge < -0.3 is 0 Å². The van der Waals surface area contributed by atoms with Crippen molar-refractivity contribution in [3.63, 3.8) is 0 Å². The Morgan fingerprint density at radius 1 is 1.46 bits per heavy atom. The maximum absolute atomic E-state index is 8.90. The van der Waals surface area contributed by atoms with Crippen molar-refractivity contribution in [2.45, 2.75) is 26.2 Å². The van der Waals surface area contributed by atoms with Gasteiger partial charge in [-0.25, -0.2) is 4.98 Å². The lowest BCUT2D eigenvalue weighted by atomic mass is 9.87. The number of hydrogen-bond acceptors (Lipinski definition) is 2. The number of nitrogens with zero attached hydrogens (tertiary/aromatic N) is 2. The number of hydrogen-bond donors (Lipinski definition) is 0. The van der Waals surface area contributed by atoms with Crippen molar-refractivity contribution in [3.05, 3.63) is 28.5 Å². The van der Waals surface area contributed by atoms with Gasteiger partial charge in [-0.2, -0.15) is 5.26 Å². The molecule has 13 heavy (non-hydrogen) atoms. The van der Waals surface area contributed by atoms with Gasteiger partial charge in [0.2, 0.25) is 0 Å². The Bertz CT molecular complexity index is 364. The summed E-state index contributed by atoms with van der Waals surface area (Å²) in [5.74, 6) is 0. The standard InChI is InChI=1S/C10H11ClN2/c1-7-4-5-8(9(11)13-7)10(2,3)6-12/h4-5H,1-3H3. The SMILES string of the molecule is Cc1ccc(C(C)(C)C#N)c(Cl)n1. The summed E-state index contributed by atoms with van der Waals surface area (Å²) in [7, 11) is 0. The van der Waals surface area contributed by atoms with Gasteiger partial charge in [0.25, 0.3) is 0 Å². The smallest absolute Gasteiger partial charge is 0.134 e. The van der Waals surface area contributed by atoms with Crippen LogP contribution in [0.4, 0.5) is 0 Å². The Balaban J connectivity index is 3.26. The molecule has 0 N–H and O–H groups in total. The second kappa shape index (κ2) is 3.35. The van der Waals surface area contributed by atoms with Crippen LogP contribution in [0, 0.1) is 18.3 Å². The zero-order valence-corrected chi connectivity index (χ0v) is 8.68. The van der Waals surface area contributed by atoms with E-state index in [-0.39, 0.29) is 0 Å². The number of rotatable bonds is 1. The molecule has 2 nitrogen and oxygen atoms in total. The summed E-state index contributed by atoms with van der Waals surface area (Å²) in [5.41, 5.74) is 1.07. The molecule has 0 unspecified atom stereocenters. The Morgan fingerprint density at radius 3 is 2.54 bits per heavy atom. The molecule has 1 heterocycles. The predicted molar refractivity (Wildman–Crippen MR) is 52.6 cm³/mol. The number of halogens is 1. The number of pyridine rings is 1. The summed E-state index contributed by atoms with van der Waals surface area (Å²) >= 11 is 5.93. The van der Waals surface area contributed by atoms with E-state index in [1.165, 1.54) is 0 Å². The summed E-state index contributed by atoms with van der Waals surface area (Å²) in [6.45, 7) is 5.52. The molecule has 0 aliphatic rings. The molecule has 1 aromatic rings. The Hall–Kier alpha value is -1.07. The van der Waals surface area contributed by atoms with Crippen LogP contribution in [0.5, 0.6) is 0 Å². The third kappa shape index (κ3) is 1.99. The molecule has 0 amide bonds. The fourth-order valence-electron chi connectivity index (χ4n) is 1.05. The van der Waals surface area contributed by atoms with E-state index in [4.69, 9.17) is 16.9 Å². The van der Waals surface area contributed by atoms with E-state index >= 15 is 0 Å². The first-order valence-corrected chi connectivity index (χ1v) is 4.40. The first-order chi connectivity index (χ1) is 5.97. The maximum atomic E-state index is 8.90. The highest BCUT2D eigenvalue weighted by molar-refractivity contribution is 6.30. The largest absolute Gasteiger partial charge is 0.241 e. The van der Waals surface area contributed by atoms with Gasteiger partial charge in [-0.15, -0.1) is 0 Å². The van der Waals surface area contributed by atoms with Gasteiger partial charge in [0, 0.05) is 11.3 Å². The second-order valence-corrected chi connectivity index (χ2v) is 3.89. The fourth-order valence-corrected chi connectivity index (χ4v) is 1.48. The minimum absolute atomic E-state index is 0.423. The molecule has 0 aliphatic carbocycles. The van der Waals surface area contributed by atoms with Crippen LogP contribution in [0.1, 0.15) is 25.1 Å². The number of aryl methyl sites for hydroxylation is 1. The van der Waals surface area contributed by atoms with Crippen molar-refractivity contribution in [2.75, 3.05) is 0 Å².